The lowest BCUT2D eigenvalue weighted by molar-refractivity contribution is 0.0829. The van der Waals surface area contributed by atoms with Crippen molar-refractivity contribution in [1.29, 1.82) is 0 Å². The van der Waals surface area contributed by atoms with Gasteiger partial charge in [-0.05, 0) is 25.5 Å². The second-order valence-electron chi connectivity index (χ2n) is 5.78. The van der Waals surface area contributed by atoms with E-state index >= 15 is 0 Å². The Kier molecular flexibility index (Phi) is 4.08. The maximum absolute atomic E-state index is 12.2. The highest BCUT2D eigenvalue weighted by molar-refractivity contribution is 5.99. The van der Waals surface area contributed by atoms with E-state index in [1.807, 2.05) is 6.07 Å². The number of likely N-dealkylation sites (tertiary alicyclic amines) is 1. The van der Waals surface area contributed by atoms with Crippen LogP contribution in [0, 0.1) is 0 Å². The van der Waals surface area contributed by atoms with E-state index in [4.69, 9.17) is 0 Å². The SMILES string of the molecule is CN(C)C(=O)c1cnn2c(C3CCCN3CCO)ccnc12. The van der Waals surface area contributed by atoms with Crippen molar-refractivity contribution in [2.75, 3.05) is 33.8 Å². The molecular weight excluding hydrogens is 282 g/mol. The van der Waals surface area contributed by atoms with Crippen LogP contribution in [0.5, 0.6) is 0 Å². The molecule has 1 aliphatic heterocycles. The summed E-state index contributed by atoms with van der Waals surface area (Å²) in [5.74, 6) is -0.0988. The van der Waals surface area contributed by atoms with E-state index in [1.54, 1.807) is 31.0 Å². The van der Waals surface area contributed by atoms with Gasteiger partial charge in [0.15, 0.2) is 5.65 Å². The van der Waals surface area contributed by atoms with Crippen molar-refractivity contribution in [3.63, 3.8) is 0 Å². The molecule has 1 aliphatic rings. The zero-order valence-corrected chi connectivity index (χ0v) is 12.9. The van der Waals surface area contributed by atoms with Gasteiger partial charge < -0.3 is 10.0 Å². The van der Waals surface area contributed by atoms with Gasteiger partial charge in [-0.25, -0.2) is 9.50 Å². The maximum atomic E-state index is 12.2. The van der Waals surface area contributed by atoms with Gasteiger partial charge in [-0.15, -0.1) is 0 Å². The van der Waals surface area contributed by atoms with E-state index in [0.717, 1.165) is 25.1 Å². The van der Waals surface area contributed by atoms with E-state index in [0.29, 0.717) is 17.8 Å². The molecule has 3 heterocycles. The van der Waals surface area contributed by atoms with Crippen molar-refractivity contribution in [1.82, 2.24) is 24.4 Å². The molecule has 0 radical (unpaired) electrons. The molecule has 1 unspecified atom stereocenters. The largest absolute Gasteiger partial charge is 0.395 e. The molecule has 0 aromatic carbocycles. The number of aliphatic hydroxyl groups excluding tert-OH is 1. The van der Waals surface area contributed by atoms with Crippen LogP contribution in [-0.4, -0.2) is 69.2 Å². The van der Waals surface area contributed by atoms with E-state index in [1.165, 1.54) is 4.90 Å². The number of hydrogen-bond donors (Lipinski definition) is 1. The fourth-order valence-corrected chi connectivity index (χ4v) is 3.11. The van der Waals surface area contributed by atoms with Gasteiger partial charge in [0.05, 0.1) is 24.5 Å². The highest BCUT2D eigenvalue weighted by Gasteiger charge is 2.28. The lowest BCUT2D eigenvalue weighted by atomic mass is 10.1. The van der Waals surface area contributed by atoms with Gasteiger partial charge in [0.25, 0.3) is 5.91 Å². The standard InChI is InChI=1S/C15H21N5O2/c1-18(2)15(22)11-10-17-20-13(5-6-16-14(11)20)12-4-3-7-19(12)8-9-21/h5-6,10,12,21H,3-4,7-9H2,1-2H3. The molecule has 1 N–H and O–H groups in total. The first-order valence-corrected chi connectivity index (χ1v) is 7.52. The predicted molar refractivity (Wildman–Crippen MR) is 81.6 cm³/mol. The Bertz CT molecular complexity index is 682. The van der Waals surface area contributed by atoms with E-state index in [9.17, 15) is 9.90 Å². The van der Waals surface area contributed by atoms with Gasteiger partial charge in [0.1, 0.15) is 5.56 Å². The molecule has 0 aliphatic carbocycles. The average Bonchev–Trinajstić information content (AvgIpc) is 3.13. The average molecular weight is 303 g/mol. The molecule has 0 spiro atoms. The molecule has 1 amide bonds. The normalized spacial score (nSPS) is 19.0. The van der Waals surface area contributed by atoms with Gasteiger partial charge in [-0.3, -0.25) is 9.69 Å². The number of aromatic nitrogens is 3. The van der Waals surface area contributed by atoms with Crippen molar-refractivity contribution in [2.24, 2.45) is 0 Å². The van der Waals surface area contributed by atoms with Crippen LogP contribution >= 0.6 is 0 Å². The van der Waals surface area contributed by atoms with Crippen molar-refractivity contribution in [3.05, 3.63) is 29.7 Å². The highest BCUT2D eigenvalue weighted by Crippen LogP contribution is 2.31. The van der Waals surface area contributed by atoms with Crippen LogP contribution in [0.3, 0.4) is 0 Å². The van der Waals surface area contributed by atoms with Gasteiger partial charge in [0.2, 0.25) is 0 Å². The summed E-state index contributed by atoms with van der Waals surface area (Å²) in [4.78, 5) is 20.3. The summed E-state index contributed by atoms with van der Waals surface area (Å²) < 4.78 is 1.76. The molecule has 118 valence electrons. The minimum Gasteiger partial charge on any atom is -0.395 e. The minimum absolute atomic E-state index is 0.0988. The number of nitrogens with zero attached hydrogens (tertiary/aromatic N) is 5. The predicted octanol–water partition coefficient (Wildman–Crippen LogP) is 0.560. The molecule has 1 atom stereocenters. The minimum atomic E-state index is -0.0988. The first kappa shape index (κ1) is 14.9. The van der Waals surface area contributed by atoms with Crippen LogP contribution in [0.15, 0.2) is 18.5 Å². The van der Waals surface area contributed by atoms with Crippen LogP contribution in [0.2, 0.25) is 0 Å². The van der Waals surface area contributed by atoms with E-state index in [-0.39, 0.29) is 18.6 Å². The molecule has 7 nitrogen and oxygen atoms in total. The molecule has 22 heavy (non-hydrogen) atoms. The van der Waals surface area contributed by atoms with Crippen LogP contribution in [0.25, 0.3) is 5.65 Å². The number of amides is 1. The summed E-state index contributed by atoms with van der Waals surface area (Å²) >= 11 is 0. The Labute approximate surface area is 129 Å². The molecule has 1 fully saturated rings. The number of hydrogen-bond acceptors (Lipinski definition) is 5. The van der Waals surface area contributed by atoms with Gasteiger partial charge in [-0.2, -0.15) is 5.10 Å². The van der Waals surface area contributed by atoms with E-state index < -0.39 is 0 Å². The first-order chi connectivity index (χ1) is 10.6. The van der Waals surface area contributed by atoms with Crippen molar-refractivity contribution in [2.45, 2.75) is 18.9 Å². The fourth-order valence-electron chi connectivity index (χ4n) is 3.11. The molecular formula is C15H21N5O2. The summed E-state index contributed by atoms with van der Waals surface area (Å²) in [5.41, 5.74) is 2.12. The summed E-state index contributed by atoms with van der Waals surface area (Å²) in [6, 6.07) is 2.16. The van der Waals surface area contributed by atoms with Crippen molar-refractivity contribution < 1.29 is 9.90 Å². The first-order valence-electron chi connectivity index (χ1n) is 7.52. The monoisotopic (exact) mass is 303 g/mol. The molecule has 0 saturated carbocycles. The number of carbonyl (C=O) groups excluding carboxylic acids is 1. The van der Waals surface area contributed by atoms with Crippen LogP contribution < -0.4 is 0 Å². The number of carbonyl (C=O) groups is 1. The molecule has 2 aromatic heterocycles. The van der Waals surface area contributed by atoms with Gasteiger partial charge >= 0.3 is 0 Å². The quantitative estimate of drug-likeness (QED) is 0.893. The Balaban J connectivity index is 2.03. The van der Waals surface area contributed by atoms with Crippen LogP contribution in [0.1, 0.15) is 34.9 Å². The third kappa shape index (κ3) is 2.46. The zero-order valence-electron chi connectivity index (χ0n) is 12.9. The topological polar surface area (TPSA) is 74.0 Å². The summed E-state index contributed by atoms with van der Waals surface area (Å²) in [7, 11) is 3.44. The molecule has 2 aromatic rings. The maximum Gasteiger partial charge on any atom is 0.258 e. The molecule has 1 saturated heterocycles. The number of aliphatic hydroxyl groups is 1. The summed E-state index contributed by atoms with van der Waals surface area (Å²) in [6.45, 7) is 1.77. The zero-order chi connectivity index (χ0) is 15.7. The second-order valence-corrected chi connectivity index (χ2v) is 5.78. The lowest BCUT2D eigenvalue weighted by Crippen LogP contribution is -2.28. The Morgan fingerprint density at radius 1 is 1.50 bits per heavy atom. The highest BCUT2D eigenvalue weighted by atomic mass is 16.3. The number of rotatable bonds is 4. The second kappa shape index (κ2) is 6.02. The Morgan fingerprint density at radius 2 is 2.32 bits per heavy atom. The fraction of sp³-hybridized carbons (Fsp3) is 0.533. The van der Waals surface area contributed by atoms with Crippen LogP contribution in [0.4, 0.5) is 0 Å². The van der Waals surface area contributed by atoms with Gasteiger partial charge in [-0.1, -0.05) is 0 Å². The third-order valence-electron chi connectivity index (χ3n) is 4.16. The summed E-state index contributed by atoms with van der Waals surface area (Å²) in [5, 5.41) is 13.6. The van der Waals surface area contributed by atoms with Crippen LogP contribution in [-0.2, 0) is 0 Å². The lowest BCUT2D eigenvalue weighted by Gasteiger charge is -2.24. The van der Waals surface area contributed by atoms with Gasteiger partial charge in [0, 0.05) is 26.8 Å². The van der Waals surface area contributed by atoms with Crippen molar-refractivity contribution in [3.8, 4) is 0 Å². The smallest absolute Gasteiger partial charge is 0.258 e. The molecule has 0 bridgehead atoms. The Morgan fingerprint density at radius 3 is 3.05 bits per heavy atom. The third-order valence-corrected chi connectivity index (χ3v) is 4.16. The van der Waals surface area contributed by atoms with Crippen molar-refractivity contribution >= 4 is 11.6 Å². The molecule has 3 rings (SSSR count). The number of β-amino-alcohol motifs (C(OH)–C–C–N with tert-alkyl or cyclic N) is 1. The number of fused-ring (bicyclic) bond motifs is 1. The molecule has 7 heteroatoms. The Hall–Kier alpha value is -1.99. The summed E-state index contributed by atoms with van der Waals surface area (Å²) in [6.07, 6.45) is 5.43. The van der Waals surface area contributed by atoms with E-state index in [2.05, 4.69) is 15.0 Å².